The number of carbonyl (C=O) groups is 2. The van der Waals surface area contributed by atoms with Crippen LogP contribution in [0.3, 0.4) is 0 Å². The van der Waals surface area contributed by atoms with Crippen LogP contribution in [0, 0.1) is 6.92 Å². The van der Waals surface area contributed by atoms with Crippen molar-refractivity contribution in [2.45, 2.75) is 52.2 Å². The molecule has 1 saturated heterocycles. The molecule has 2 aromatic heterocycles. The maximum atomic E-state index is 13.5. The molecule has 2 aromatic carbocycles. The third kappa shape index (κ3) is 8.42. The van der Waals surface area contributed by atoms with Gasteiger partial charge in [0.25, 0.3) is 17.2 Å². The topological polar surface area (TPSA) is 147 Å². The summed E-state index contributed by atoms with van der Waals surface area (Å²) in [6.45, 7) is 8.40. The van der Waals surface area contributed by atoms with Crippen molar-refractivity contribution in [3.8, 4) is 22.9 Å². The fraction of sp³-hybridized carbons (Fsp3) is 0.303. The van der Waals surface area contributed by atoms with Crippen molar-refractivity contribution >= 4 is 46.5 Å². The number of hydrogen-bond donors (Lipinski definition) is 2. The van der Waals surface area contributed by atoms with Crippen molar-refractivity contribution in [3.63, 3.8) is 0 Å². The van der Waals surface area contributed by atoms with Gasteiger partial charge in [-0.15, -0.1) is 0 Å². The van der Waals surface area contributed by atoms with E-state index in [-0.39, 0.29) is 34.3 Å². The lowest BCUT2D eigenvalue weighted by molar-refractivity contribution is 0.0206. The number of benzene rings is 2. The molecule has 5 rings (SSSR count). The lowest BCUT2D eigenvalue weighted by Crippen LogP contribution is -2.47. The first-order valence-electron chi connectivity index (χ1n) is 14.9. The largest absolute Gasteiger partial charge is 0.444 e. The number of nitrogens with zero attached hydrogens (tertiary/aromatic N) is 5. The molecular formula is C33H35ClN6O6S. The van der Waals surface area contributed by atoms with Crippen molar-refractivity contribution in [2.24, 2.45) is 0 Å². The van der Waals surface area contributed by atoms with Gasteiger partial charge in [0.15, 0.2) is 0 Å². The van der Waals surface area contributed by atoms with Crippen LogP contribution in [0.15, 0.2) is 73.1 Å². The summed E-state index contributed by atoms with van der Waals surface area (Å²) in [6.07, 6.45) is 4.49. The van der Waals surface area contributed by atoms with Crippen molar-refractivity contribution in [3.05, 3.63) is 89.2 Å². The number of hydrogen-bond acceptors (Lipinski definition) is 9. The highest BCUT2D eigenvalue weighted by molar-refractivity contribution is 7.81. The van der Waals surface area contributed by atoms with Crippen LogP contribution >= 0.6 is 11.6 Å². The number of halogens is 1. The zero-order chi connectivity index (χ0) is 33.7. The highest BCUT2D eigenvalue weighted by Gasteiger charge is 2.29. The van der Waals surface area contributed by atoms with Crippen LogP contribution < -0.4 is 14.4 Å². The quantitative estimate of drug-likeness (QED) is 0.189. The van der Waals surface area contributed by atoms with Crippen molar-refractivity contribution in [2.75, 3.05) is 22.7 Å². The Morgan fingerprint density at radius 3 is 2.62 bits per heavy atom. The highest BCUT2D eigenvalue weighted by atomic mass is 35.5. The Labute approximate surface area is 280 Å². The number of amides is 2. The molecule has 0 aliphatic carbocycles. The standard InChI is InChI=1S/C33H35ClN6O6S/c1-21-13-14-22(30(41)40(47(43)44)27-12-6-5-11-25(27)34)19-28(21)45-29-24(10-7-16-35-29)26-15-17-36-31(38-26)37-23-9-8-18-39(20-23)32(42)46-33(2,3)4/h5-7,10-17,19,23H,8-9,18,20H2,1-4H3,(H,43,44)(H,36,37,38)/t23-/m0/s1. The number of carbonyl (C=O) groups excluding carboxylic acids is 2. The normalized spacial score (nSPS) is 15.4. The van der Waals surface area contributed by atoms with Gasteiger partial charge in [-0.2, -0.15) is 0 Å². The average molecular weight is 679 g/mol. The Morgan fingerprint density at radius 2 is 1.87 bits per heavy atom. The van der Waals surface area contributed by atoms with Crippen LogP contribution in [0.2, 0.25) is 5.02 Å². The highest BCUT2D eigenvalue weighted by Crippen LogP contribution is 2.34. The lowest BCUT2D eigenvalue weighted by atomic mass is 10.1. The minimum absolute atomic E-state index is 0.0716. The molecule has 1 unspecified atom stereocenters. The number of anilines is 2. The maximum Gasteiger partial charge on any atom is 0.410 e. The molecule has 2 amide bonds. The molecule has 3 heterocycles. The van der Waals surface area contributed by atoms with Gasteiger partial charge in [-0.05, 0) is 88.6 Å². The average Bonchev–Trinajstić information content (AvgIpc) is 3.02. The van der Waals surface area contributed by atoms with E-state index in [0.717, 1.165) is 12.8 Å². The second kappa shape index (κ2) is 14.4. The second-order valence-corrected chi connectivity index (χ2v) is 13.1. The third-order valence-corrected chi connectivity index (χ3v) is 8.16. The van der Waals surface area contributed by atoms with E-state index in [1.54, 1.807) is 60.6 Å². The van der Waals surface area contributed by atoms with Gasteiger partial charge in [0, 0.05) is 37.1 Å². The second-order valence-electron chi connectivity index (χ2n) is 11.9. The van der Waals surface area contributed by atoms with Gasteiger partial charge in [0.1, 0.15) is 11.4 Å². The van der Waals surface area contributed by atoms with Crippen LogP contribution in [0.4, 0.5) is 16.4 Å². The summed E-state index contributed by atoms with van der Waals surface area (Å²) in [6, 6.07) is 16.2. The Bertz CT molecular complexity index is 1800. The van der Waals surface area contributed by atoms with Crippen LogP contribution in [0.5, 0.6) is 11.6 Å². The molecule has 1 fully saturated rings. The van der Waals surface area contributed by atoms with Crippen LogP contribution in [0.1, 0.15) is 49.5 Å². The molecule has 246 valence electrons. The fourth-order valence-electron chi connectivity index (χ4n) is 4.96. The first kappa shape index (κ1) is 33.8. The van der Waals surface area contributed by atoms with Gasteiger partial charge in [-0.25, -0.2) is 28.3 Å². The summed E-state index contributed by atoms with van der Waals surface area (Å²) in [5.41, 5.74) is 1.42. The molecule has 1 aliphatic rings. The monoisotopic (exact) mass is 678 g/mol. The fourth-order valence-corrected chi connectivity index (χ4v) is 5.81. The van der Waals surface area contributed by atoms with Gasteiger partial charge in [0.2, 0.25) is 11.8 Å². The number of rotatable bonds is 8. The Kier molecular flexibility index (Phi) is 10.4. The zero-order valence-corrected chi connectivity index (χ0v) is 27.9. The lowest BCUT2D eigenvalue weighted by Gasteiger charge is -2.34. The van der Waals surface area contributed by atoms with E-state index < -0.39 is 22.8 Å². The van der Waals surface area contributed by atoms with Gasteiger partial charge in [0.05, 0.1) is 22.0 Å². The van der Waals surface area contributed by atoms with Crippen LogP contribution in [0.25, 0.3) is 11.3 Å². The van der Waals surface area contributed by atoms with Crippen molar-refractivity contribution in [1.29, 1.82) is 0 Å². The van der Waals surface area contributed by atoms with Gasteiger partial charge in [-0.1, -0.05) is 29.8 Å². The van der Waals surface area contributed by atoms with Crippen molar-refractivity contribution in [1.82, 2.24) is 19.9 Å². The zero-order valence-electron chi connectivity index (χ0n) is 26.3. The summed E-state index contributed by atoms with van der Waals surface area (Å²) in [5, 5.41) is 3.49. The first-order chi connectivity index (χ1) is 22.4. The number of ether oxygens (including phenoxy) is 2. The van der Waals surface area contributed by atoms with Gasteiger partial charge >= 0.3 is 6.09 Å². The number of likely N-dealkylation sites (tertiary alicyclic amines) is 1. The Balaban J connectivity index is 1.36. The molecule has 2 atom stereocenters. The molecule has 4 aromatic rings. The third-order valence-electron chi connectivity index (χ3n) is 7.16. The van der Waals surface area contributed by atoms with E-state index in [0.29, 0.717) is 45.9 Å². The van der Waals surface area contributed by atoms with Crippen molar-refractivity contribution < 1.29 is 27.8 Å². The summed E-state index contributed by atoms with van der Waals surface area (Å²) in [5.74, 6) is 0.182. The van der Waals surface area contributed by atoms with Crippen LogP contribution in [-0.2, 0) is 16.0 Å². The predicted octanol–water partition coefficient (Wildman–Crippen LogP) is 6.89. The minimum Gasteiger partial charge on any atom is -0.444 e. The molecule has 12 nitrogen and oxygen atoms in total. The van der Waals surface area contributed by atoms with Gasteiger partial charge in [-0.3, -0.25) is 9.35 Å². The van der Waals surface area contributed by atoms with E-state index >= 15 is 0 Å². The maximum absolute atomic E-state index is 13.5. The smallest absolute Gasteiger partial charge is 0.410 e. The van der Waals surface area contributed by atoms with E-state index in [1.807, 2.05) is 20.8 Å². The number of para-hydroxylation sites is 1. The summed E-state index contributed by atoms with van der Waals surface area (Å²) < 4.78 is 34.7. The number of nitrogens with one attached hydrogen (secondary N) is 1. The molecule has 0 bridgehead atoms. The van der Waals surface area contributed by atoms with E-state index in [9.17, 15) is 18.4 Å². The van der Waals surface area contributed by atoms with E-state index in [1.165, 1.54) is 24.3 Å². The molecule has 0 radical (unpaired) electrons. The molecule has 47 heavy (non-hydrogen) atoms. The minimum atomic E-state index is -2.69. The molecular weight excluding hydrogens is 644 g/mol. The van der Waals surface area contributed by atoms with E-state index in [4.69, 9.17) is 26.1 Å². The molecule has 14 heteroatoms. The molecule has 1 aliphatic heterocycles. The summed E-state index contributed by atoms with van der Waals surface area (Å²) in [4.78, 5) is 41.3. The van der Waals surface area contributed by atoms with Crippen LogP contribution in [-0.4, -0.2) is 65.3 Å². The first-order valence-corrected chi connectivity index (χ1v) is 16.3. The molecule has 0 saturated carbocycles. The summed E-state index contributed by atoms with van der Waals surface area (Å²) in [7, 11) is 0. The molecule has 2 N–H and O–H groups in total. The number of aryl methyl sites for hydroxylation is 1. The summed E-state index contributed by atoms with van der Waals surface area (Å²) >= 11 is 3.54. The van der Waals surface area contributed by atoms with Gasteiger partial charge < -0.3 is 19.7 Å². The predicted molar refractivity (Wildman–Crippen MR) is 180 cm³/mol. The molecule has 0 spiro atoms. The Morgan fingerprint density at radius 1 is 1.09 bits per heavy atom. The number of aromatic nitrogens is 3. The SMILES string of the molecule is Cc1ccc(C(=O)N(c2ccccc2Cl)S(=O)O)cc1Oc1ncccc1-c1ccnc(N[C@H]2CCCN(C(=O)OC(C)(C)C)C2)n1. The van der Waals surface area contributed by atoms with E-state index in [2.05, 4.69) is 15.3 Å². The number of piperidine rings is 1. The Hall–Kier alpha value is -4.59. The number of pyridine rings is 1.